The fourth-order valence-corrected chi connectivity index (χ4v) is 3.04. The van der Waals surface area contributed by atoms with Crippen LogP contribution in [0.25, 0.3) is 11.1 Å². The van der Waals surface area contributed by atoms with Crippen LogP contribution in [0.15, 0.2) is 48.5 Å². The van der Waals surface area contributed by atoms with E-state index < -0.39 is 18.6 Å². The molecular formula is C21H24N2O5. The maximum absolute atomic E-state index is 11.5. The summed E-state index contributed by atoms with van der Waals surface area (Å²) in [5.74, 6) is -1.34. The van der Waals surface area contributed by atoms with E-state index in [-0.39, 0.29) is 18.4 Å². The van der Waals surface area contributed by atoms with Gasteiger partial charge in [0.1, 0.15) is 13.2 Å². The average molecular weight is 384 g/mol. The summed E-state index contributed by atoms with van der Waals surface area (Å²) in [5, 5.41) is 10.7. The van der Waals surface area contributed by atoms with Crippen molar-refractivity contribution in [2.24, 2.45) is 5.73 Å². The van der Waals surface area contributed by atoms with Crippen LogP contribution in [0.1, 0.15) is 36.8 Å². The third-order valence-electron chi connectivity index (χ3n) is 4.22. The molecule has 28 heavy (non-hydrogen) atoms. The number of carbonyl (C=O) groups is 3. The summed E-state index contributed by atoms with van der Waals surface area (Å²) >= 11 is 0. The van der Waals surface area contributed by atoms with Crippen LogP contribution in [0.3, 0.4) is 0 Å². The first-order valence-electron chi connectivity index (χ1n) is 9.03. The number of hydrogen-bond donors (Lipinski definition) is 3. The number of carbonyl (C=O) groups excluding carboxylic acids is 2. The molecule has 4 N–H and O–H groups in total. The lowest BCUT2D eigenvalue weighted by atomic mass is 9.98. The number of rotatable bonds is 6. The number of amides is 2. The first-order chi connectivity index (χ1) is 13.4. The predicted molar refractivity (Wildman–Crippen MR) is 105 cm³/mol. The lowest BCUT2D eigenvalue weighted by Gasteiger charge is -2.14. The molecule has 1 aliphatic rings. The second-order valence-corrected chi connectivity index (χ2v) is 6.29. The van der Waals surface area contributed by atoms with E-state index in [1.807, 2.05) is 43.3 Å². The Morgan fingerprint density at radius 1 is 1.04 bits per heavy atom. The molecule has 2 aromatic carbocycles. The number of benzene rings is 2. The summed E-state index contributed by atoms with van der Waals surface area (Å²) in [6.45, 7) is 1.65. The number of aliphatic carboxylic acids is 1. The number of ether oxygens (including phenoxy) is 1. The highest BCUT2D eigenvalue weighted by molar-refractivity contribution is 5.79. The fourth-order valence-electron chi connectivity index (χ4n) is 3.04. The van der Waals surface area contributed by atoms with Crippen LogP contribution in [-0.4, -0.2) is 36.2 Å². The minimum atomic E-state index is -1.10. The molecular weight excluding hydrogens is 360 g/mol. The van der Waals surface area contributed by atoms with E-state index in [9.17, 15) is 14.4 Å². The predicted octanol–water partition coefficient (Wildman–Crippen LogP) is 2.88. The van der Waals surface area contributed by atoms with Gasteiger partial charge in [0.05, 0.1) is 0 Å². The number of primary amides is 1. The second-order valence-electron chi connectivity index (χ2n) is 6.29. The van der Waals surface area contributed by atoms with Gasteiger partial charge in [-0.2, -0.15) is 0 Å². The summed E-state index contributed by atoms with van der Waals surface area (Å²) in [6, 6.07) is 16.1. The Morgan fingerprint density at radius 2 is 1.57 bits per heavy atom. The van der Waals surface area contributed by atoms with Crippen LogP contribution in [0, 0.1) is 0 Å². The van der Waals surface area contributed by atoms with Crippen LogP contribution >= 0.6 is 0 Å². The normalized spacial score (nSPS) is 11.5. The largest absolute Gasteiger partial charge is 0.480 e. The van der Waals surface area contributed by atoms with Gasteiger partial charge >= 0.3 is 12.1 Å². The van der Waals surface area contributed by atoms with Gasteiger partial charge in [-0.15, -0.1) is 0 Å². The smallest absolute Gasteiger partial charge is 0.407 e. The highest BCUT2D eigenvalue weighted by Gasteiger charge is 2.28. The van der Waals surface area contributed by atoms with E-state index in [4.69, 9.17) is 15.6 Å². The molecule has 3 rings (SSSR count). The van der Waals surface area contributed by atoms with Gasteiger partial charge in [0.25, 0.3) is 0 Å². The standard InChI is InChI=1S/C17H15NO4.C4H9NO/c19-16(20)9-18-17(21)22-10-15-13-7-3-1-5-11(13)12-6-2-4-8-14(12)15;1-2-3-4(5)6/h1-8,15H,9-10H2,(H,18,21)(H,19,20);2-3H2,1H3,(H2,5,6). The number of carboxylic acid groups (broad SMARTS) is 1. The second kappa shape index (κ2) is 10.1. The lowest BCUT2D eigenvalue weighted by molar-refractivity contribution is -0.135. The van der Waals surface area contributed by atoms with Gasteiger partial charge in [0.2, 0.25) is 5.91 Å². The Labute approximate surface area is 163 Å². The van der Waals surface area contributed by atoms with Crippen molar-refractivity contribution in [2.45, 2.75) is 25.7 Å². The van der Waals surface area contributed by atoms with Crippen molar-refractivity contribution in [2.75, 3.05) is 13.2 Å². The highest BCUT2D eigenvalue weighted by Crippen LogP contribution is 2.44. The monoisotopic (exact) mass is 384 g/mol. The molecule has 0 saturated heterocycles. The summed E-state index contributed by atoms with van der Waals surface area (Å²) in [5.41, 5.74) is 9.31. The molecule has 0 aromatic heterocycles. The molecule has 0 spiro atoms. The third-order valence-corrected chi connectivity index (χ3v) is 4.22. The summed E-state index contributed by atoms with van der Waals surface area (Å²) in [6.07, 6.45) is 0.652. The van der Waals surface area contributed by atoms with E-state index in [1.165, 1.54) is 0 Å². The molecule has 1 aliphatic carbocycles. The molecule has 7 heteroatoms. The van der Waals surface area contributed by atoms with Gasteiger partial charge in [0.15, 0.2) is 0 Å². The number of carboxylic acids is 1. The molecule has 0 aliphatic heterocycles. The van der Waals surface area contributed by atoms with Crippen LogP contribution in [0.5, 0.6) is 0 Å². The summed E-state index contributed by atoms with van der Waals surface area (Å²) in [7, 11) is 0. The zero-order valence-corrected chi connectivity index (χ0v) is 15.7. The van der Waals surface area contributed by atoms with Crippen molar-refractivity contribution >= 4 is 18.0 Å². The van der Waals surface area contributed by atoms with Crippen molar-refractivity contribution < 1.29 is 24.2 Å². The van der Waals surface area contributed by atoms with E-state index in [0.717, 1.165) is 28.7 Å². The maximum Gasteiger partial charge on any atom is 0.407 e. The van der Waals surface area contributed by atoms with Crippen molar-refractivity contribution in [3.8, 4) is 11.1 Å². The van der Waals surface area contributed by atoms with Crippen molar-refractivity contribution in [1.29, 1.82) is 0 Å². The summed E-state index contributed by atoms with van der Waals surface area (Å²) < 4.78 is 5.18. The third kappa shape index (κ3) is 5.57. The van der Waals surface area contributed by atoms with Crippen LogP contribution in [0.2, 0.25) is 0 Å². The van der Waals surface area contributed by atoms with E-state index in [1.54, 1.807) is 0 Å². The van der Waals surface area contributed by atoms with Gasteiger partial charge in [0, 0.05) is 12.3 Å². The van der Waals surface area contributed by atoms with Gasteiger partial charge in [-0.25, -0.2) is 4.79 Å². The van der Waals surface area contributed by atoms with Crippen LogP contribution in [-0.2, 0) is 14.3 Å². The van der Waals surface area contributed by atoms with Crippen molar-refractivity contribution in [1.82, 2.24) is 5.32 Å². The van der Waals surface area contributed by atoms with Gasteiger partial charge in [-0.3, -0.25) is 9.59 Å². The molecule has 7 nitrogen and oxygen atoms in total. The topological polar surface area (TPSA) is 119 Å². The highest BCUT2D eigenvalue weighted by atomic mass is 16.5. The molecule has 2 aromatic rings. The maximum atomic E-state index is 11.5. The first-order valence-corrected chi connectivity index (χ1v) is 9.03. The Bertz CT molecular complexity index is 805. The Hall–Kier alpha value is -3.35. The molecule has 0 atom stereocenters. The zero-order chi connectivity index (χ0) is 20.5. The molecule has 0 heterocycles. The lowest BCUT2D eigenvalue weighted by Crippen LogP contribution is -2.30. The fraction of sp³-hybridized carbons (Fsp3) is 0.286. The number of nitrogens with one attached hydrogen (secondary N) is 1. The number of hydrogen-bond acceptors (Lipinski definition) is 4. The molecule has 148 valence electrons. The van der Waals surface area contributed by atoms with Crippen LogP contribution < -0.4 is 11.1 Å². The number of alkyl carbamates (subject to hydrolysis) is 1. The van der Waals surface area contributed by atoms with Gasteiger partial charge < -0.3 is 20.9 Å². The Balaban J connectivity index is 0.000000409. The van der Waals surface area contributed by atoms with E-state index >= 15 is 0 Å². The molecule has 0 fully saturated rings. The molecule has 0 saturated carbocycles. The SMILES string of the molecule is CCCC(N)=O.O=C(O)CNC(=O)OCC1c2ccccc2-c2ccccc21. The molecule has 2 amide bonds. The molecule has 0 bridgehead atoms. The van der Waals surface area contributed by atoms with Gasteiger partial charge in [-0.05, 0) is 28.7 Å². The summed E-state index contributed by atoms with van der Waals surface area (Å²) in [4.78, 5) is 31.8. The minimum Gasteiger partial charge on any atom is -0.480 e. The van der Waals surface area contributed by atoms with Crippen LogP contribution in [0.4, 0.5) is 4.79 Å². The quantitative estimate of drug-likeness (QED) is 0.708. The minimum absolute atomic E-state index is 0.0250. The number of nitrogens with two attached hydrogens (primary N) is 1. The Kier molecular flexibility index (Phi) is 7.56. The molecule has 0 unspecified atom stereocenters. The van der Waals surface area contributed by atoms with Crippen molar-refractivity contribution in [3.63, 3.8) is 0 Å². The van der Waals surface area contributed by atoms with Gasteiger partial charge in [-0.1, -0.05) is 55.5 Å². The Morgan fingerprint density at radius 3 is 2.00 bits per heavy atom. The van der Waals surface area contributed by atoms with E-state index in [2.05, 4.69) is 17.4 Å². The zero-order valence-electron chi connectivity index (χ0n) is 15.7. The average Bonchev–Trinajstić information content (AvgIpc) is 2.99. The first kappa shape index (κ1) is 21.0. The number of fused-ring (bicyclic) bond motifs is 3. The van der Waals surface area contributed by atoms with E-state index in [0.29, 0.717) is 6.42 Å². The van der Waals surface area contributed by atoms with Crippen molar-refractivity contribution in [3.05, 3.63) is 59.7 Å². The molecule has 0 radical (unpaired) electrons.